The van der Waals surface area contributed by atoms with Gasteiger partial charge in [0.1, 0.15) is 5.75 Å². The Morgan fingerprint density at radius 3 is 2.44 bits per heavy atom. The van der Waals surface area contributed by atoms with Crippen LogP contribution in [-0.4, -0.2) is 52.8 Å². The molecule has 0 radical (unpaired) electrons. The van der Waals surface area contributed by atoms with Gasteiger partial charge in [0, 0.05) is 32.6 Å². The SMILES string of the molecule is Cc1c(CC2=CC(C)CC(C)C2)nnc(N2CCN(C(O)Oc3ccccc3)CC2)c1C. The normalized spacial score (nSPS) is 23.0. The molecule has 4 rings (SSSR count). The molecule has 3 unspecified atom stereocenters. The number of allylic oxidation sites excluding steroid dienone is 2. The van der Waals surface area contributed by atoms with Gasteiger partial charge in [-0.25, -0.2) is 4.90 Å². The van der Waals surface area contributed by atoms with E-state index in [1.807, 2.05) is 35.2 Å². The maximum Gasteiger partial charge on any atom is 0.259 e. The summed E-state index contributed by atoms with van der Waals surface area (Å²) in [5, 5.41) is 19.8. The van der Waals surface area contributed by atoms with E-state index in [4.69, 9.17) is 4.74 Å². The van der Waals surface area contributed by atoms with Crippen molar-refractivity contribution in [2.45, 2.75) is 53.4 Å². The van der Waals surface area contributed by atoms with Crippen molar-refractivity contribution in [3.63, 3.8) is 0 Å². The zero-order valence-corrected chi connectivity index (χ0v) is 19.8. The van der Waals surface area contributed by atoms with Crippen molar-refractivity contribution in [2.75, 3.05) is 31.1 Å². The lowest BCUT2D eigenvalue weighted by Crippen LogP contribution is -2.52. The number of anilines is 1. The van der Waals surface area contributed by atoms with E-state index in [1.165, 1.54) is 29.5 Å². The maximum atomic E-state index is 10.5. The third-order valence-electron chi connectivity index (χ3n) is 6.81. The van der Waals surface area contributed by atoms with Crippen molar-refractivity contribution in [2.24, 2.45) is 11.8 Å². The van der Waals surface area contributed by atoms with Crippen LogP contribution in [0.15, 0.2) is 42.0 Å². The number of aliphatic hydroxyl groups is 1. The van der Waals surface area contributed by atoms with E-state index >= 15 is 0 Å². The number of ether oxygens (including phenoxy) is 1. The van der Waals surface area contributed by atoms with E-state index in [1.54, 1.807) is 0 Å². The molecular formula is C26H36N4O2. The molecule has 2 aromatic rings. The standard InChI is InChI=1S/C26H36N4O2/c1-18-14-19(2)16-22(15-18)17-24-20(3)21(4)25(28-27-24)29-10-12-30(13-11-29)26(31)32-23-8-6-5-7-9-23/h5-9,15,18-19,26,31H,10-14,16-17H2,1-4H3. The number of para-hydroxylation sites is 1. The summed E-state index contributed by atoms with van der Waals surface area (Å²) in [5.41, 5.74) is 5.06. The smallest absolute Gasteiger partial charge is 0.259 e. The van der Waals surface area contributed by atoms with Crippen molar-refractivity contribution < 1.29 is 9.84 Å². The minimum Gasteiger partial charge on any atom is -0.451 e. The number of rotatable bonds is 6. The van der Waals surface area contributed by atoms with Crippen molar-refractivity contribution >= 4 is 5.82 Å². The molecule has 1 N–H and O–H groups in total. The molecule has 0 spiro atoms. The van der Waals surface area contributed by atoms with Gasteiger partial charge in [0.2, 0.25) is 0 Å². The van der Waals surface area contributed by atoms with Gasteiger partial charge >= 0.3 is 0 Å². The molecule has 32 heavy (non-hydrogen) atoms. The lowest BCUT2D eigenvalue weighted by molar-refractivity contribution is -0.137. The fraction of sp³-hybridized carbons (Fsp3) is 0.538. The fourth-order valence-electron chi connectivity index (χ4n) is 5.01. The highest BCUT2D eigenvalue weighted by Crippen LogP contribution is 2.31. The number of hydrogen-bond donors (Lipinski definition) is 1. The number of hydrogen-bond acceptors (Lipinski definition) is 6. The Kier molecular flexibility index (Phi) is 7.11. The van der Waals surface area contributed by atoms with E-state index in [-0.39, 0.29) is 0 Å². The Hall–Kier alpha value is -2.44. The predicted molar refractivity (Wildman–Crippen MR) is 128 cm³/mol. The van der Waals surface area contributed by atoms with Crippen LogP contribution in [0, 0.1) is 25.7 Å². The predicted octanol–water partition coefficient (Wildman–Crippen LogP) is 4.11. The van der Waals surface area contributed by atoms with Gasteiger partial charge in [0.25, 0.3) is 6.41 Å². The molecule has 2 heterocycles. The van der Waals surface area contributed by atoms with Crippen molar-refractivity contribution in [1.82, 2.24) is 15.1 Å². The second-order valence-corrected chi connectivity index (χ2v) is 9.52. The number of nitrogens with zero attached hydrogens (tertiary/aromatic N) is 4. The molecule has 172 valence electrons. The monoisotopic (exact) mass is 436 g/mol. The van der Waals surface area contributed by atoms with Crippen LogP contribution < -0.4 is 9.64 Å². The Morgan fingerprint density at radius 2 is 1.75 bits per heavy atom. The molecule has 0 saturated carbocycles. The highest BCUT2D eigenvalue weighted by molar-refractivity contribution is 5.50. The third kappa shape index (κ3) is 5.30. The summed E-state index contributed by atoms with van der Waals surface area (Å²) in [7, 11) is 0. The van der Waals surface area contributed by atoms with Gasteiger partial charge < -0.3 is 14.7 Å². The molecule has 1 aliphatic carbocycles. The van der Waals surface area contributed by atoms with Crippen LogP contribution >= 0.6 is 0 Å². The van der Waals surface area contributed by atoms with E-state index in [0.29, 0.717) is 24.8 Å². The summed E-state index contributed by atoms with van der Waals surface area (Å²) < 4.78 is 5.67. The van der Waals surface area contributed by atoms with E-state index in [2.05, 4.69) is 48.9 Å². The highest BCUT2D eigenvalue weighted by atomic mass is 16.6. The van der Waals surface area contributed by atoms with Crippen molar-refractivity contribution in [3.05, 3.63) is 58.8 Å². The van der Waals surface area contributed by atoms with Crippen LogP contribution in [0.4, 0.5) is 5.82 Å². The van der Waals surface area contributed by atoms with Crippen LogP contribution in [0.5, 0.6) is 5.75 Å². The molecule has 1 aromatic carbocycles. The van der Waals surface area contributed by atoms with Crippen molar-refractivity contribution in [3.8, 4) is 5.75 Å². The first-order chi connectivity index (χ1) is 15.4. The minimum atomic E-state index is -0.940. The first-order valence-electron chi connectivity index (χ1n) is 11.8. The number of aromatic nitrogens is 2. The van der Waals surface area contributed by atoms with Crippen molar-refractivity contribution in [1.29, 1.82) is 0 Å². The molecule has 1 aromatic heterocycles. The van der Waals surface area contributed by atoms with E-state index < -0.39 is 6.41 Å². The van der Waals surface area contributed by atoms with Crippen LogP contribution in [-0.2, 0) is 6.42 Å². The fourth-order valence-corrected chi connectivity index (χ4v) is 5.01. The van der Waals surface area contributed by atoms with E-state index in [9.17, 15) is 5.11 Å². The zero-order chi connectivity index (χ0) is 22.7. The number of piperazine rings is 1. The van der Waals surface area contributed by atoms with Crippen LogP contribution in [0.1, 0.15) is 43.5 Å². The lowest BCUT2D eigenvalue weighted by Gasteiger charge is -2.37. The maximum absolute atomic E-state index is 10.5. The summed E-state index contributed by atoms with van der Waals surface area (Å²) in [6.45, 7) is 12.0. The van der Waals surface area contributed by atoms with Gasteiger partial charge in [0.05, 0.1) is 5.69 Å². The Labute approximate surface area is 191 Å². The minimum absolute atomic E-state index is 0.653. The largest absolute Gasteiger partial charge is 0.451 e. The van der Waals surface area contributed by atoms with Gasteiger partial charge in [-0.15, -0.1) is 5.10 Å². The van der Waals surface area contributed by atoms with Crippen LogP contribution in [0.2, 0.25) is 0 Å². The second kappa shape index (κ2) is 10.0. The summed E-state index contributed by atoms with van der Waals surface area (Å²) in [4.78, 5) is 4.22. The molecule has 6 nitrogen and oxygen atoms in total. The summed E-state index contributed by atoms with van der Waals surface area (Å²) in [6, 6.07) is 9.45. The van der Waals surface area contributed by atoms with Gasteiger partial charge in [0.15, 0.2) is 5.82 Å². The molecule has 6 heteroatoms. The average Bonchev–Trinajstić information content (AvgIpc) is 2.77. The number of benzene rings is 1. The summed E-state index contributed by atoms with van der Waals surface area (Å²) in [6.07, 6.45) is 4.85. The Bertz CT molecular complexity index is 938. The zero-order valence-electron chi connectivity index (χ0n) is 19.8. The van der Waals surface area contributed by atoms with Gasteiger partial charge in [-0.05, 0) is 61.8 Å². The summed E-state index contributed by atoms with van der Waals surface area (Å²) in [5.74, 6) is 3.03. The molecule has 1 aliphatic heterocycles. The van der Waals surface area contributed by atoms with Gasteiger partial charge in [-0.1, -0.05) is 43.7 Å². The first kappa shape index (κ1) is 22.7. The topological polar surface area (TPSA) is 61.7 Å². The summed E-state index contributed by atoms with van der Waals surface area (Å²) >= 11 is 0. The first-order valence-corrected chi connectivity index (χ1v) is 11.8. The highest BCUT2D eigenvalue weighted by Gasteiger charge is 2.26. The van der Waals surface area contributed by atoms with Crippen LogP contribution in [0.25, 0.3) is 0 Å². The molecule has 1 fully saturated rings. The average molecular weight is 437 g/mol. The Balaban J connectivity index is 1.38. The third-order valence-corrected chi connectivity index (χ3v) is 6.81. The quantitative estimate of drug-likeness (QED) is 0.543. The number of aliphatic hydroxyl groups excluding tert-OH is 1. The van der Waals surface area contributed by atoms with Gasteiger partial charge in [-0.2, -0.15) is 5.10 Å². The molecule has 0 bridgehead atoms. The van der Waals surface area contributed by atoms with E-state index in [0.717, 1.165) is 36.9 Å². The molecule has 2 aliphatic rings. The van der Waals surface area contributed by atoms with Crippen LogP contribution in [0.3, 0.4) is 0 Å². The molecule has 1 saturated heterocycles. The second-order valence-electron chi connectivity index (χ2n) is 9.52. The molecular weight excluding hydrogens is 400 g/mol. The molecule has 0 amide bonds. The lowest BCUT2D eigenvalue weighted by atomic mass is 9.82. The van der Waals surface area contributed by atoms with Gasteiger partial charge in [-0.3, -0.25) is 0 Å². The Morgan fingerprint density at radius 1 is 1.03 bits per heavy atom. The molecule has 3 atom stereocenters.